The number of hydrogen-bond acceptors (Lipinski definition) is 3. The Morgan fingerprint density at radius 2 is 1.82 bits per heavy atom. The molecule has 1 rings (SSSR count). The third kappa shape index (κ3) is 3.79. The Balaban J connectivity index is 2.80. The van der Waals surface area contributed by atoms with Gasteiger partial charge in [-0.1, -0.05) is 20.8 Å². The second kappa shape index (κ2) is 4.86. The first-order valence-electron chi connectivity index (χ1n) is 5.13. The van der Waals surface area contributed by atoms with Crippen molar-refractivity contribution in [2.45, 2.75) is 20.8 Å². The Morgan fingerprint density at radius 3 is 2.24 bits per heavy atom. The van der Waals surface area contributed by atoms with Gasteiger partial charge in [0.25, 0.3) is 11.6 Å². The van der Waals surface area contributed by atoms with E-state index >= 15 is 0 Å². The monoisotopic (exact) mass is 234 g/mol. The molecule has 0 unspecified atom stereocenters. The van der Waals surface area contributed by atoms with E-state index in [2.05, 4.69) is 4.99 Å². The molecular formula is C12H14N2O3. The van der Waals surface area contributed by atoms with Crippen molar-refractivity contribution in [3.63, 3.8) is 0 Å². The van der Waals surface area contributed by atoms with Gasteiger partial charge in [0.1, 0.15) is 0 Å². The molecular weight excluding hydrogens is 220 g/mol. The third-order valence-electron chi connectivity index (χ3n) is 2.08. The van der Waals surface area contributed by atoms with E-state index in [-0.39, 0.29) is 11.6 Å². The molecule has 5 nitrogen and oxygen atoms in total. The molecule has 0 aliphatic heterocycles. The van der Waals surface area contributed by atoms with E-state index in [1.807, 2.05) is 0 Å². The summed E-state index contributed by atoms with van der Waals surface area (Å²) in [5.41, 5.74) is 0.162. The highest BCUT2D eigenvalue weighted by Gasteiger charge is 2.19. The predicted octanol–water partition coefficient (Wildman–Crippen LogP) is 2.59. The van der Waals surface area contributed by atoms with Crippen LogP contribution in [-0.4, -0.2) is 17.0 Å². The number of rotatable bonds is 2. The topological polar surface area (TPSA) is 72.6 Å². The number of carbonyl (C=O) groups excluding carboxylic acids is 1. The van der Waals surface area contributed by atoms with Crippen molar-refractivity contribution in [3.05, 3.63) is 39.9 Å². The first kappa shape index (κ1) is 13.0. The summed E-state index contributed by atoms with van der Waals surface area (Å²) in [6.45, 7) is 5.34. The second-order valence-electron chi connectivity index (χ2n) is 4.66. The van der Waals surface area contributed by atoms with Crippen molar-refractivity contribution in [1.82, 2.24) is 0 Å². The number of non-ortho nitro benzene ring substituents is 1. The highest BCUT2D eigenvalue weighted by Crippen LogP contribution is 2.15. The van der Waals surface area contributed by atoms with Crippen LogP contribution in [0.2, 0.25) is 0 Å². The van der Waals surface area contributed by atoms with E-state index in [4.69, 9.17) is 0 Å². The SMILES string of the molecule is CC(C)(C)C(=O)N=Cc1ccc([N+](=O)[O-])cc1. The lowest BCUT2D eigenvalue weighted by atomic mass is 9.96. The molecule has 17 heavy (non-hydrogen) atoms. The van der Waals surface area contributed by atoms with Crippen LogP contribution in [0.1, 0.15) is 26.3 Å². The molecule has 0 bridgehead atoms. The summed E-state index contributed by atoms with van der Waals surface area (Å²) < 4.78 is 0. The van der Waals surface area contributed by atoms with Crippen LogP contribution in [0.25, 0.3) is 0 Å². The van der Waals surface area contributed by atoms with Crippen LogP contribution < -0.4 is 0 Å². The molecule has 5 heteroatoms. The molecule has 90 valence electrons. The van der Waals surface area contributed by atoms with Gasteiger partial charge < -0.3 is 0 Å². The molecule has 0 atom stereocenters. The van der Waals surface area contributed by atoms with E-state index in [1.165, 1.54) is 18.3 Å². The molecule has 0 aliphatic carbocycles. The van der Waals surface area contributed by atoms with Crippen LogP contribution in [0.15, 0.2) is 29.3 Å². The van der Waals surface area contributed by atoms with Crippen LogP contribution in [-0.2, 0) is 4.79 Å². The smallest absolute Gasteiger partial charge is 0.269 e. The first-order chi connectivity index (χ1) is 7.80. The number of nitro groups is 1. The molecule has 1 aromatic rings. The van der Waals surface area contributed by atoms with Crippen molar-refractivity contribution >= 4 is 17.8 Å². The fourth-order valence-corrected chi connectivity index (χ4v) is 1.01. The summed E-state index contributed by atoms with van der Waals surface area (Å²) in [5.74, 6) is -0.226. The average molecular weight is 234 g/mol. The molecule has 0 spiro atoms. The van der Waals surface area contributed by atoms with Gasteiger partial charge in [-0.3, -0.25) is 14.9 Å². The van der Waals surface area contributed by atoms with Crippen LogP contribution in [0, 0.1) is 15.5 Å². The molecule has 0 fully saturated rings. The van der Waals surface area contributed by atoms with E-state index in [1.54, 1.807) is 32.9 Å². The zero-order valence-corrected chi connectivity index (χ0v) is 10.0. The number of nitrogens with zero attached hydrogens (tertiary/aromatic N) is 2. The van der Waals surface area contributed by atoms with E-state index in [0.29, 0.717) is 5.56 Å². The maximum absolute atomic E-state index is 11.5. The van der Waals surface area contributed by atoms with Crippen molar-refractivity contribution in [2.75, 3.05) is 0 Å². The largest absolute Gasteiger partial charge is 0.272 e. The van der Waals surface area contributed by atoms with Gasteiger partial charge in [0.15, 0.2) is 0 Å². The number of nitro benzene ring substituents is 1. The second-order valence-corrected chi connectivity index (χ2v) is 4.66. The molecule has 0 saturated carbocycles. The Kier molecular flexibility index (Phi) is 3.73. The van der Waals surface area contributed by atoms with E-state index in [0.717, 1.165) is 0 Å². The molecule has 1 aromatic carbocycles. The lowest BCUT2D eigenvalue weighted by Gasteiger charge is -2.11. The summed E-state index contributed by atoms with van der Waals surface area (Å²) in [6, 6.07) is 5.86. The Hall–Kier alpha value is -2.04. The van der Waals surface area contributed by atoms with Crippen LogP contribution in [0.4, 0.5) is 5.69 Å². The summed E-state index contributed by atoms with van der Waals surface area (Å²) in [6.07, 6.45) is 1.41. The lowest BCUT2D eigenvalue weighted by molar-refractivity contribution is -0.384. The summed E-state index contributed by atoms with van der Waals surface area (Å²) in [5, 5.41) is 10.4. The number of carbonyl (C=O) groups is 1. The number of hydrogen-bond donors (Lipinski definition) is 0. The lowest BCUT2D eigenvalue weighted by Crippen LogP contribution is -2.17. The summed E-state index contributed by atoms with van der Waals surface area (Å²) in [4.78, 5) is 25.3. The van der Waals surface area contributed by atoms with Gasteiger partial charge in [-0.15, -0.1) is 0 Å². The van der Waals surface area contributed by atoms with Crippen molar-refractivity contribution in [3.8, 4) is 0 Å². The summed E-state index contributed by atoms with van der Waals surface area (Å²) >= 11 is 0. The molecule has 0 N–H and O–H groups in total. The standard InChI is InChI=1S/C12H14N2O3/c1-12(2,3)11(15)13-8-9-4-6-10(7-5-9)14(16)17/h4-8H,1-3H3. The quantitative estimate of drug-likeness (QED) is 0.448. The highest BCUT2D eigenvalue weighted by molar-refractivity contribution is 5.94. The normalized spacial score (nSPS) is 11.7. The fourth-order valence-electron chi connectivity index (χ4n) is 1.01. The zero-order valence-electron chi connectivity index (χ0n) is 10.0. The van der Waals surface area contributed by atoms with Crippen molar-refractivity contribution in [1.29, 1.82) is 0 Å². The minimum absolute atomic E-state index is 0.0179. The first-order valence-corrected chi connectivity index (χ1v) is 5.13. The van der Waals surface area contributed by atoms with Crippen molar-refractivity contribution in [2.24, 2.45) is 10.4 Å². The predicted molar refractivity (Wildman–Crippen MR) is 65.2 cm³/mol. The molecule has 0 radical (unpaired) electrons. The number of amides is 1. The van der Waals surface area contributed by atoms with E-state index < -0.39 is 10.3 Å². The van der Waals surface area contributed by atoms with E-state index in [9.17, 15) is 14.9 Å². The Bertz CT molecular complexity index is 456. The minimum Gasteiger partial charge on any atom is -0.272 e. The highest BCUT2D eigenvalue weighted by atomic mass is 16.6. The van der Waals surface area contributed by atoms with Crippen LogP contribution in [0.3, 0.4) is 0 Å². The van der Waals surface area contributed by atoms with Gasteiger partial charge in [-0.2, -0.15) is 0 Å². The maximum atomic E-state index is 11.5. The minimum atomic E-state index is -0.517. The van der Waals surface area contributed by atoms with Gasteiger partial charge in [0.2, 0.25) is 0 Å². The Morgan fingerprint density at radius 1 is 1.29 bits per heavy atom. The maximum Gasteiger partial charge on any atom is 0.269 e. The van der Waals surface area contributed by atoms with Crippen LogP contribution in [0.5, 0.6) is 0 Å². The Labute approximate surface area is 99.3 Å². The molecule has 0 heterocycles. The van der Waals surface area contributed by atoms with Gasteiger partial charge in [-0.05, 0) is 17.7 Å². The molecule has 1 amide bonds. The third-order valence-corrected chi connectivity index (χ3v) is 2.08. The van der Waals surface area contributed by atoms with Gasteiger partial charge in [0, 0.05) is 23.8 Å². The van der Waals surface area contributed by atoms with Crippen molar-refractivity contribution < 1.29 is 9.72 Å². The van der Waals surface area contributed by atoms with Gasteiger partial charge in [0.05, 0.1) is 4.92 Å². The average Bonchev–Trinajstić information content (AvgIpc) is 2.25. The fraction of sp³-hybridized carbons (Fsp3) is 0.333. The molecule has 0 saturated heterocycles. The number of aliphatic imine (C=N–C) groups is 1. The van der Waals surface area contributed by atoms with Gasteiger partial charge in [-0.25, -0.2) is 4.99 Å². The molecule has 0 aromatic heterocycles. The summed E-state index contributed by atoms with van der Waals surface area (Å²) in [7, 11) is 0. The van der Waals surface area contributed by atoms with Gasteiger partial charge >= 0.3 is 0 Å². The molecule has 0 aliphatic rings. The van der Waals surface area contributed by atoms with Crippen LogP contribution >= 0.6 is 0 Å². The number of benzene rings is 1. The zero-order chi connectivity index (χ0) is 13.1.